The second-order valence-corrected chi connectivity index (χ2v) is 5.52. The highest BCUT2D eigenvalue weighted by atomic mass is 16.1. The summed E-state index contributed by atoms with van der Waals surface area (Å²) in [5.41, 5.74) is 3.81. The molecule has 0 heterocycles. The van der Waals surface area contributed by atoms with Crippen molar-refractivity contribution in [2.24, 2.45) is 17.2 Å². The predicted molar refractivity (Wildman–Crippen MR) is 75.2 cm³/mol. The molecule has 0 radical (unpaired) electrons. The first-order chi connectivity index (χ1) is 8.38. The number of nitrogen functional groups attached to an aromatic ring is 1. The van der Waals surface area contributed by atoms with E-state index in [1.54, 1.807) is 12.1 Å². The zero-order valence-electron chi connectivity index (χ0n) is 11.6. The van der Waals surface area contributed by atoms with Gasteiger partial charge in [-0.05, 0) is 23.5 Å². The van der Waals surface area contributed by atoms with E-state index < -0.39 is 0 Å². The Kier molecular flexibility index (Phi) is 4.73. The third-order valence-corrected chi connectivity index (χ3v) is 3.59. The fraction of sp³-hybridized carbons (Fsp3) is 0.500. The van der Waals surface area contributed by atoms with E-state index in [9.17, 15) is 4.79 Å². The second-order valence-electron chi connectivity index (χ2n) is 5.52. The number of hydrazine groups is 1. The van der Waals surface area contributed by atoms with Crippen LogP contribution in [0.2, 0.25) is 0 Å². The van der Waals surface area contributed by atoms with Crippen molar-refractivity contribution in [2.75, 3.05) is 12.0 Å². The van der Waals surface area contributed by atoms with Gasteiger partial charge in [0.05, 0.1) is 11.3 Å². The zero-order valence-corrected chi connectivity index (χ0v) is 11.6. The van der Waals surface area contributed by atoms with Crippen LogP contribution in [0, 0.1) is 11.3 Å². The Hall–Kier alpha value is -1.55. The summed E-state index contributed by atoms with van der Waals surface area (Å²) in [6, 6.07) is 7.20. The number of nitrogens with one attached hydrogen (secondary N) is 2. The molecule has 1 aromatic rings. The minimum atomic E-state index is -0.0997. The van der Waals surface area contributed by atoms with Crippen LogP contribution in [-0.2, 0) is 0 Å². The van der Waals surface area contributed by atoms with Gasteiger partial charge in [0.25, 0.3) is 5.91 Å². The van der Waals surface area contributed by atoms with E-state index in [0.717, 1.165) is 0 Å². The summed E-state index contributed by atoms with van der Waals surface area (Å²) in [6.45, 7) is 9.24. The molecule has 0 saturated carbocycles. The van der Waals surface area contributed by atoms with Gasteiger partial charge in [-0.2, -0.15) is 0 Å². The lowest BCUT2D eigenvalue weighted by molar-refractivity contribution is 0.0925. The lowest BCUT2D eigenvalue weighted by Crippen LogP contribution is -2.37. The topological polar surface area (TPSA) is 67.2 Å². The molecule has 0 bridgehead atoms. The van der Waals surface area contributed by atoms with Gasteiger partial charge in [0, 0.05) is 6.54 Å². The van der Waals surface area contributed by atoms with E-state index >= 15 is 0 Å². The number of carbonyl (C=O) groups excluding carboxylic acids is 1. The minimum Gasteiger partial charge on any atom is -0.351 e. The monoisotopic (exact) mass is 249 g/mol. The third-order valence-electron chi connectivity index (χ3n) is 3.59. The first-order valence-corrected chi connectivity index (χ1v) is 6.22. The van der Waals surface area contributed by atoms with Crippen LogP contribution in [0.15, 0.2) is 24.3 Å². The number of amides is 1. The minimum absolute atomic E-state index is 0.0702. The number of para-hydroxylation sites is 1. The molecule has 1 amide bonds. The maximum absolute atomic E-state index is 12.1. The maximum Gasteiger partial charge on any atom is 0.253 e. The number of rotatable bonds is 5. The molecular formula is C14H23N3O. The van der Waals surface area contributed by atoms with Crippen LogP contribution >= 0.6 is 0 Å². The van der Waals surface area contributed by atoms with Gasteiger partial charge in [-0.1, -0.05) is 39.8 Å². The van der Waals surface area contributed by atoms with Gasteiger partial charge in [-0.3, -0.25) is 10.6 Å². The highest BCUT2D eigenvalue weighted by molar-refractivity contribution is 5.99. The molecule has 0 saturated heterocycles. The molecule has 0 spiro atoms. The van der Waals surface area contributed by atoms with Crippen molar-refractivity contribution in [3.63, 3.8) is 0 Å². The number of carbonyl (C=O) groups is 1. The lowest BCUT2D eigenvalue weighted by Gasteiger charge is -2.29. The van der Waals surface area contributed by atoms with Crippen molar-refractivity contribution in [3.8, 4) is 0 Å². The number of hydrogen-bond acceptors (Lipinski definition) is 3. The zero-order chi connectivity index (χ0) is 13.8. The first-order valence-electron chi connectivity index (χ1n) is 6.22. The Morgan fingerprint density at radius 2 is 1.94 bits per heavy atom. The van der Waals surface area contributed by atoms with Crippen molar-refractivity contribution in [1.29, 1.82) is 0 Å². The molecule has 1 rings (SSSR count). The molecule has 4 heteroatoms. The van der Waals surface area contributed by atoms with Crippen molar-refractivity contribution in [1.82, 2.24) is 5.32 Å². The van der Waals surface area contributed by atoms with Crippen molar-refractivity contribution >= 4 is 11.6 Å². The summed E-state index contributed by atoms with van der Waals surface area (Å²) in [5, 5.41) is 2.96. The van der Waals surface area contributed by atoms with E-state index in [0.29, 0.717) is 23.7 Å². The van der Waals surface area contributed by atoms with Crippen molar-refractivity contribution in [2.45, 2.75) is 27.7 Å². The molecule has 0 aliphatic rings. The number of hydrogen-bond donors (Lipinski definition) is 3. The number of benzene rings is 1. The number of anilines is 1. The fourth-order valence-corrected chi connectivity index (χ4v) is 1.41. The van der Waals surface area contributed by atoms with Crippen molar-refractivity contribution in [3.05, 3.63) is 29.8 Å². The lowest BCUT2D eigenvalue weighted by atomic mass is 9.81. The summed E-state index contributed by atoms with van der Waals surface area (Å²) >= 11 is 0. The summed E-state index contributed by atoms with van der Waals surface area (Å²) in [7, 11) is 0. The van der Waals surface area contributed by atoms with Crippen LogP contribution < -0.4 is 16.6 Å². The van der Waals surface area contributed by atoms with Crippen molar-refractivity contribution < 1.29 is 4.79 Å². The van der Waals surface area contributed by atoms with Gasteiger partial charge >= 0.3 is 0 Å². The van der Waals surface area contributed by atoms with Gasteiger partial charge < -0.3 is 10.7 Å². The smallest absolute Gasteiger partial charge is 0.253 e. The molecule has 0 atom stereocenters. The fourth-order valence-electron chi connectivity index (χ4n) is 1.41. The molecule has 1 aromatic carbocycles. The van der Waals surface area contributed by atoms with Crippen LogP contribution in [0.1, 0.15) is 38.1 Å². The summed E-state index contributed by atoms with van der Waals surface area (Å²) in [4.78, 5) is 12.1. The average molecular weight is 249 g/mol. The predicted octanol–water partition coefficient (Wildman–Crippen LogP) is 2.38. The molecule has 18 heavy (non-hydrogen) atoms. The molecule has 0 unspecified atom stereocenters. The van der Waals surface area contributed by atoms with Gasteiger partial charge in [-0.15, -0.1) is 0 Å². The van der Waals surface area contributed by atoms with E-state index in [2.05, 4.69) is 38.4 Å². The largest absolute Gasteiger partial charge is 0.351 e. The summed E-state index contributed by atoms with van der Waals surface area (Å²) in [5.74, 6) is 5.79. The Labute approximate surface area is 109 Å². The molecule has 0 fully saturated rings. The highest BCUT2D eigenvalue weighted by Gasteiger charge is 2.23. The second kappa shape index (κ2) is 5.87. The van der Waals surface area contributed by atoms with E-state index in [1.165, 1.54) is 0 Å². The summed E-state index contributed by atoms with van der Waals surface area (Å²) in [6.07, 6.45) is 0. The van der Waals surface area contributed by atoms with E-state index in [-0.39, 0.29) is 11.3 Å². The van der Waals surface area contributed by atoms with Gasteiger partial charge in [-0.25, -0.2) is 0 Å². The molecular weight excluding hydrogens is 226 g/mol. The molecule has 4 N–H and O–H groups in total. The molecule has 0 aliphatic heterocycles. The van der Waals surface area contributed by atoms with Crippen LogP contribution in [0.5, 0.6) is 0 Å². The van der Waals surface area contributed by atoms with Gasteiger partial charge in [0.1, 0.15) is 0 Å². The van der Waals surface area contributed by atoms with Crippen LogP contribution in [0.4, 0.5) is 5.69 Å². The highest BCUT2D eigenvalue weighted by Crippen LogP contribution is 2.25. The SMILES string of the molecule is CC(C)C(C)(C)CNC(=O)c1ccccc1NN. The Balaban J connectivity index is 2.72. The third kappa shape index (κ3) is 3.47. The van der Waals surface area contributed by atoms with Crippen LogP contribution in [0.25, 0.3) is 0 Å². The standard InChI is InChI=1S/C14H23N3O/c1-10(2)14(3,4)9-16-13(18)11-7-5-6-8-12(11)17-15/h5-8,10,17H,9,15H2,1-4H3,(H,16,18). The summed E-state index contributed by atoms with van der Waals surface area (Å²) < 4.78 is 0. The van der Waals surface area contributed by atoms with Gasteiger partial charge in [0.15, 0.2) is 0 Å². The Morgan fingerprint density at radius 3 is 2.50 bits per heavy atom. The molecule has 0 aromatic heterocycles. The van der Waals surface area contributed by atoms with Crippen LogP contribution in [0.3, 0.4) is 0 Å². The quantitative estimate of drug-likeness (QED) is 0.554. The Morgan fingerprint density at radius 1 is 1.33 bits per heavy atom. The molecule has 100 valence electrons. The normalized spacial score (nSPS) is 11.4. The molecule has 4 nitrogen and oxygen atoms in total. The Bertz CT molecular complexity index is 413. The molecule has 0 aliphatic carbocycles. The maximum atomic E-state index is 12.1. The van der Waals surface area contributed by atoms with Crippen LogP contribution in [-0.4, -0.2) is 12.5 Å². The first kappa shape index (κ1) is 14.5. The van der Waals surface area contributed by atoms with E-state index in [1.807, 2.05) is 12.1 Å². The average Bonchev–Trinajstić information content (AvgIpc) is 2.35. The van der Waals surface area contributed by atoms with Gasteiger partial charge in [0.2, 0.25) is 0 Å². The van der Waals surface area contributed by atoms with E-state index in [4.69, 9.17) is 5.84 Å². The number of nitrogens with two attached hydrogens (primary N) is 1.